The predicted octanol–water partition coefficient (Wildman–Crippen LogP) is 2.39. The van der Waals surface area contributed by atoms with Crippen LogP contribution in [-0.4, -0.2) is 73.7 Å². The molecule has 5 heteroatoms. The third kappa shape index (κ3) is 8.34. The Bertz CT molecular complexity index is 348. The van der Waals surface area contributed by atoms with Crippen LogP contribution in [0.15, 0.2) is 4.99 Å². The fraction of sp³-hybridized carbons (Fsp3) is 0.947. The molecule has 1 aliphatic rings. The second kappa shape index (κ2) is 11.7. The van der Waals surface area contributed by atoms with Gasteiger partial charge in [-0.25, -0.2) is 0 Å². The van der Waals surface area contributed by atoms with E-state index in [9.17, 15) is 0 Å². The van der Waals surface area contributed by atoms with E-state index in [0.717, 1.165) is 25.0 Å². The molecule has 2 unspecified atom stereocenters. The standard InChI is InChI=1S/C19H41N5/c1-7-20-19(22-17(5)10-9-16(3)4)21-15-18(6)24-13-11-23(8-2)12-14-24/h16-18H,7-15H2,1-6H3,(H2,20,21,22). The molecule has 1 aliphatic heterocycles. The molecule has 1 rings (SSSR count). The summed E-state index contributed by atoms with van der Waals surface area (Å²) in [7, 11) is 0. The van der Waals surface area contributed by atoms with Crippen LogP contribution in [0.25, 0.3) is 0 Å². The van der Waals surface area contributed by atoms with Crippen LogP contribution in [-0.2, 0) is 0 Å². The van der Waals surface area contributed by atoms with Crippen LogP contribution >= 0.6 is 0 Å². The minimum atomic E-state index is 0.466. The third-order valence-electron chi connectivity index (χ3n) is 4.90. The highest BCUT2D eigenvalue weighted by Crippen LogP contribution is 2.08. The highest BCUT2D eigenvalue weighted by atomic mass is 15.3. The number of hydrogen-bond acceptors (Lipinski definition) is 3. The first kappa shape index (κ1) is 21.2. The van der Waals surface area contributed by atoms with Crippen molar-refractivity contribution in [1.29, 1.82) is 0 Å². The lowest BCUT2D eigenvalue weighted by atomic mass is 10.0. The summed E-state index contributed by atoms with van der Waals surface area (Å²) < 4.78 is 0. The van der Waals surface area contributed by atoms with Crippen LogP contribution < -0.4 is 10.6 Å². The van der Waals surface area contributed by atoms with Crippen molar-refractivity contribution in [2.45, 2.75) is 66.5 Å². The molecule has 5 nitrogen and oxygen atoms in total. The molecule has 0 radical (unpaired) electrons. The van der Waals surface area contributed by atoms with Gasteiger partial charge in [-0.1, -0.05) is 20.8 Å². The van der Waals surface area contributed by atoms with Gasteiger partial charge in [0.2, 0.25) is 0 Å². The fourth-order valence-electron chi connectivity index (χ4n) is 3.07. The lowest BCUT2D eigenvalue weighted by Gasteiger charge is -2.37. The Morgan fingerprint density at radius 3 is 2.21 bits per heavy atom. The van der Waals surface area contributed by atoms with Gasteiger partial charge in [-0.15, -0.1) is 0 Å². The Kier molecular flexibility index (Phi) is 10.3. The van der Waals surface area contributed by atoms with Crippen LogP contribution in [0.4, 0.5) is 0 Å². The van der Waals surface area contributed by atoms with Gasteiger partial charge in [0.15, 0.2) is 5.96 Å². The molecular formula is C19H41N5. The van der Waals surface area contributed by atoms with Gasteiger partial charge in [0.05, 0.1) is 6.54 Å². The number of nitrogens with one attached hydrogen (secondary N) is 2. The molecule has 0 amide bonds. The van der Waals surface area contributed by atoms with Gasteiger partial charge in [-0.05, 0) is 46.1 Å². The van der Waals surface area contributed by atoms with Crippen LogP contribution in [0.2, 0.25) is 0 Å². The highest BCUT2D eigenvalue weighted by Gasteiger charge is 2.20. The fourth-order valence-corrected chi connectivity index (χ4v) is 3.07. The molecule has 2 N–H and O–H groups in total. The first-order valence-corrected chi connectivity index (χ1v) is 9.97. The van der Waals surface area contributed by atoms with Gasteiger partial charge in [-0.2, -0.15) is 0 Å². The second-order valence-corrected chi connectivity index (χ2v) is 7.56. The van der Waals surface area contributed by atoms with Crippen molar-refractivity contribution in [2.75, 3.05) is 45.8 Å². The Balaban J connectivity index is 2.43. The van der Waals surface area contributed by atoms with E-state index in [2.05, 4.69) is 62.0 Å². The van der Waals surface area contributed by atoms with Crippen molar-refractivity contribution in [2.24, 2.45) is 10.9 Å². The van der Waals surface area contributed by atoms with Crippen molar-refractivity contribution >= 4 is 5.96 Å². The lowest BCUT2D eigenvalue weighted by molar-refractivity contribution is 0.109. The minimum absolute atomic E-state index is 0.466. The van der Waals surface area contributed by atoms with E-state index in [1.165, 1.54) is 45.6 Å². The molecule has 1 heterocycles. The van der Waals surface area contributed by atoms with E-state index >= 15 is 0 Å². The molecule has 2 atom stereocenters. The molecule has 0 saturated carbocycles. The van der Waals surface area contributed by atoms with Gasteiger partial charge in [0.1, 0.15) is 0 Å². The van der Waals surface area contributed by atoms with Crippen molar-refractivity contribution in [1.82, 2.24) is 20.4 Å². The summed E-state index contributed by atoms with van der Waals surface area (Å²) in [6, 6.07) is 0.971. The smallest absolute Gasteiger partial charge is 0.191 e. The number of hydrogen-bond donors (Lipinski definition) is 2. The van der Waals surface area contributed by atoms with Crippen LogP contribution in [0.3, 0.4) is 0 Å². The van der Waals surface area contributed by atoms with Gasteiger partial charge < -0.3 is 15.5 Å². The highest BCUT2D eigenvalue weighted by molar-refractivity contribution is 5.80. The van der Waals surface area contributed by atoms with Gasteiger partial charge in [0, 0.05) is 44.8 Å². The zero-order chi connectivity index (χ0) is 17.9. The molecular weight excluding hydrogens is 298 g/mol. The Hall–Kier alpha value is -0.810. The van der Waals surface area contributed by atoms with Crippen molar-refractivity contribution in [3.63, 3.8) is 0 Å². The minimum Gasteiger partial charge on any atom is -0.357 e. The van der Waals surface area contributed by atoms with E-state index in [4.69, 9.17) is 4.99 Å². The summed E-state index contributed by atoms with van der Waals surface area (Å²) in [5.74, 6) is 1.73. The molecule has 1 saturated heterocycles. The van der Waals surface area contributed by atoms with Crippen LogP contribution in [0.1, 0.15) is 54.4 Å². The summed E-state index contributed by atoms with van der Waals surface area (Å²) in [6.07, 6.45) is 2.45. The number of nitrogens with zero attached hydrogens (tertiary/aromatic N) is 3. The molecule has 0 aromatic heterocycles. The topological polar surface area (TPSA) is 42.9 Å². The number of piperazine rings is 1. The Morgan fingerprint density at radius 1 is 1.00 bits per heavy atom. The number of aliphatic imine (C=N–C) groups is 1. The van der Waals surface area contributed by atoms with E-state index < -0.39 is 0 Å². The molecule has 24 heavy (non-hydrogen) atoms. The molecule has 0 aromatic rings. The number of guanidine groups is 1. The van der Waals surface area contributed by atoms with Crippen LogP contribution in [0, 0.1) is 5.92 Å². The molecule has 0 aliphatic carbocycles. The summed E-state index contributed by atoms with van der Waals surface area (Å²) >= 11 is 0. The summed E-state index contributed by atoms with van der Waals surface area (Å²) in [5.41, 5.74) is 0. The maximum atomic E-state index is 4.83. The van der Waals surface area contributed by atoms with Crippen molar-refractivity contribution in [3.05, 3.63) is 0 Å². The van der Waals surface area contributed by atoms with Gasteiger partial charge in [-0.3, -0.25) is 9.89 Å². The normalized spacial score (nSPS) is 20.2. The quantitative estimate of drug-likeness (QED) is 0.500. The van der Waals surface area contributed by atoms with E-state index in [1.807, 2.05) is 0 Å². The monoisotopic (exact) mass is 339 g/mol. The molecule has 1 fully saturated rings. The Morgan fingerprint density at radius 2 is 1.67 bits per heavy atom. The zero-order valence-corrected chi connectivity index (χ0v) is 16.9. The maximum Gasteiger partial charge on any atom is 0.191 e. The average Bonchev–Trinajstić information content (AvgIpc) is 2.57. The van der Waals surface area contributed by atoms with Crippen LogP contribution in [0.5, 0.6) is 0 Å². The predicted molar refractivity (Wildman–Crippen MR) is 106 cm³/mol. The number of likely N-dealkylation sites (N-methyl/N-ethyl adjacent to an activating group) is 1. The van der Waals surface area contributed by atoms with Gasteiger partial charge in [0.25, 0.3) is 0 Å². The molecule has 0 bridgehead atoms. The molecule has 0 aromatic carbocycles. The first-order chi connectivity index (χ1) is 11.5. The third-order valence-corrected chi connectivity index (χ3v) is 4.90. The SMILES string of the molecule is CCNC(=NCC(C)N1CCN(CC)CC1)NC(C)CCC(C)C. The van der Waals surface area contributed by atoms with Crippen molar-refractivity contribution in [3.8, 4) is 0 Å². The maximum absolute atomic E-state index is 4.83. The first-order valence-electron chi connectivity index (χ1n) is 9.97. The number of rotatable bonds is 9. The van der Waals surface area contributed by atoms with Crippen molar-refractivity contribution < 1.29 is 0 Å². The largest absolute Gasteiger partial charge is 0.357 e. The zero-order valence-electron chi connectivity index (χ0n) is 16.9. The van der Waals surface area contributed by atoms with Gasteiger partial charge >= 0.3 is 0 Å². The average molecular weight is 340 g/mol. The van der Waals surface area contributed by atoms with E-state index in [-0.39, 0.29) is 0 Å². The summed E-state index contributed by atoms with van der Waals surface area (Å²) in [6.45, 7) is 21.1. The Labute approximate surface area is 150 Å². The van der Waals surface area contributed by atoms with E-state index in [1.54, 1.807) is 0 Å². The van der Waals surface area contributed by atoms with E-state index in [0.29, 0.717) is 12.1 Å². The second-order valence-electron chi connectivity index (χ2n) is 7.56. The summed E-state index contributed by atoms with van der Waals surface area (Å²) in [4.78, 5) is 9.93. The molecule has 142 valence electrons. The summed E-state index contributed by atoms with van der Waals surface area (Å²) in [5, 5.41) is 6.95. The lowest BCUT2D eigenvalue weighted by Crippen LogP contribution is -2.50. The molecule has 0 spiro atoms.